The number of sulfonamides is 1. The second-order valence-electron chi connectivity index (χ2n) is 4.66. The quantitative estimate of drug-likeness (QED) is 0.893. The summed E-state index contributed by atoms with van der Waals surface area (Å²) in [6.45, 7) is 4.31. The molecule has 1 aromatic rings. The van der Waals surface area contributed by atoms with Crippen molar-refractivity contribution >= 4 is 10.0 Å². The van der Waals surface area contributed by atoms with Crippen LogP contribution in [-0.4, -0.2) is 39.0 Å². The summed E-state index contributed by atoms with van der Waals surface area (Å²) in [5, 5.41) is 0. The lowest BCUT2D eigenvalue weighted by atomic mass is 10.1. The van der Waals surface area contributed by atoms with Gasteiger partial charge in [0, 0.05) is 26.2 Å². The second-order valence-corrected chi connectivity index (χ2v) is 6.60. The fraction of sp³-hybridized carbons (Fsp3) is 0.538. The monoisotopic (exact) mass is 284 g/mol. The topological polar surface area (TPSA) is 72.6 Å². The van der Waals surface area contributed by atoms with Crippen LogP contribution in [0.3, 0.4) is 0 Å². The average molecular weight is 284 g/mol. The van der Waals surface area contributed by atoms with Crippen LogP contribution < -0.4 is 5.73 Å². The van der Waals surface area contributed by atoms with Crippen molar-refractivity contribution in [2.45, 2.75) is 24.8 Å². The van der Waals surface area contributed by atoms with Crippen LogP contribution in [0.4, 0.5) is 0 Å². The van der Waals surface area contributed by atoms with E-state index in [0.29, 0.717) is 37.7 Å². The first-order valence-corrected chi connectivity index (χ1v) is 7.87. The van der Waals surface area contributed by atoms with Crippen molar-refractivity contribution in [2.75, 3.05) is 26.3 Å². The minimum absolute atomic E-state index is 0.337. The SMILES string of the molecule is Cc1cc(S(=O)(=O)N2CCCOCC2)ccc1CN. The molecule has 106 valence electrons. The third kappa shape index (κ3) is 3.14. The third-order valence-electron chi connectivity index (χ3n) is 3.35. The van der Waals surface area contributed by atoms with Crippen LogP contribution in [0.1, 0.15) is 17.5 Å². The van der Waals surface area contributed by atoms with Crippen molar-refractivity contribution in [3.63, 3.8) is 0 Å². The van der Waals surface area contributed by atoms with E-state index in [1.807, 2.05) is 6.92 Å². The first-order chi connectivity index (χ1) is 9.05. The van der Waals surface area contributed by atoms with Crippen LogP contribution in [0, 0.1) is 6.92 Å². The van der Waals surface area contributed by atoms with Crippen molar-refractivity contribution in [3.8, 4) is 0 Å². The number of hydrogen-bond acceptors (Lipinski definition) is 4. The molecule has 0 bridgehead atoms. The number of aryl methyl sites for hydroxylation is 1. The van der Waals surface area contributed by atoms with Crippen LogP contribution in [-0.2, 0) is 21.3 Å². The summed E-state index contributed by atoms with van der Waals surface area (Å²) < 4.78 is 31.9. The van der Waals surface area contributed by atoms with Crippen molar-refractivity contribution in [1.82, 2.24) is 4.31 Å². The smallest absolute Gasteiger partial charge is 0.243 e. The van der Waals surface area contributed by atoms with Gasteiger partial charge in [0.1, 0.15) is 0 Å². The van der Waals surface area contributed by atoms with Crippen LogP contribution in [0.2, 0.25) is 0 Å². The molecule has 6 heteroatoms. The lowest BCUT2D eigenvalue weighted by Gasteiger charge is -2.20. The molecule has 1 fully saturated rings. The fourth-order valence-corrected chi connectivity index (χ4v) is 3.72. The zero-order valence-corrected chi connectivity index (χ0v) is 11.9. The number of ether oxygens (including phenoxy) is 1. The largest absolute Gasteiger partial charge is 0.380 e. The number of benzene rings is 1. The Labute approximate surface area is 114 Å². The van der Waals surface area contributed by atoms with Crippen LogP contribution in [0.5, 0.6) is 0 Å². The lowest BCUT2D eigenvalue weighted by Crippen LogP contribution is -2.33. The van der Waals surface area contributed by atoms with E-state index >= 15 is 0 Å². The molecule has 5 nitrogen and oxygen atoms in total. The highest BCUT2D eigenvalue weighted by Crippen LogP contribution is 2.20. The van der Waals surface area contributed by atoms with Gasteiger partial charge in [0.05, 0.1) is 11.5 Å². The van der Waals surface area contributed by atoms with Gasteiger partial charge in [-0.25, -0.2) is 8.42 Å². The van der Waals surface area contributed by atoms with Crippen molar-refractivity contribution < 1.29 is 13.2 Å². The first-order valence-electron chi connectivity index (χ1n) is 6.43. The molecule has 0 aromatic heterocycles. The van der Waals surface area contributed by atoms with Gasteiger partial charge in [-0.3, -0.25) is 0 Å². The standard InChI is InChI=1S/C13H20N2O3S/c1-11-9-13(4-3-12(11)10-14)19(16,17)15-5-2-7-18-8-6-15/h3-4,9H,2,5-8,10,14H2,1H3. The summed E-state index contributed by atoms with van der Waals surface area (Å²) in [7, 11) is -3.42. The first kappa shape index (κ1) is 14.5. The highest BCUT2D eigenvalue weighted by atomic mass is 32.2. The number of nitrogens with two attached hydrogens (primary N) is 1. The summed E-state index contributed by atoms with van der Waals surface area (Å²) >= 11 is 0. The Morgan fingerprint density at radius 1 is 1.32 bits per heavy atom. The molecule has 1 aliphatic rings. The molecule has 0 aliphatic carbocycles. The van der Waals surface area contributed by atoms with Gasteiger partial charge in [-0.15, -0.1) is 0 Å². The maximum absolute atomic E-state index is 12.5. The average Bonchev–Trinajstić information content (AvgIpc) is 2.67. The predicted molar refractivity (Wildman–Crippen MR) is 73.3 cm³/mol. The maximum Gasteiger partial charge on any atom is 0.243 e. The Kier molecular flexibility index (Phi) is 4.57. The van der Waals surface area contributed by atoms with Gasteiger partial charge in [-0.05, 0) is 36.6 Å². The normalized spacial score (nSPS) is 18.2. The van der Waals surface area contributed by atoms with E-state index in [0.717, 1.165) is 17.5 Å². The molecule has 0 saturated carbocycles. The van der Waals surface area contributed by atoms with Gasteiger partial charge < -0.3 is 10.5 Å². The summed E-state index contributed by atoms with van der Waals surface area (Å²) in [5.41, 5.74) is 7.48. The Morgan fingerprint density at radius 3 is 2.79 bits per heavy atom. The molecule has 0 amide bonds. The van der Waals surface area contributed by atoms with Crippen molar-refractivity contribution in [2.24, 2.45) is 5.73 Å². The Hall–Kier alpha value is -0.950. The van der Waals surface area contributed by atoms with Crippen LogP contribution in [0.15, 0.2) is 23.1 Å². The number of nitrogens with zero attached hydrogens (tertiary/aromatic N) is 1. The Bertz CT molecular complexity index is 535. The summed E-state index contributed by atoms with van der Waals surface area (Å²) in [5.74, 6) is 0. The Balaban J connectivity index is 2.30. The van der Waals surface area contributed by atoms with Gasteiger partial charge in [0.2, 0.25) is 10.0 Å². The summed E-state index contributed by atoms with van der Waals surface area (Å²) in [6.07, 6.45) is 0.735. The number of hydrogen-bond donors (Lipinski definition) is 1. The molecule has 1 saturated heterocycles. The molecule has 1 aromatic carbocycles. The number of rotatable bonds is 3. The molecule has 2 rings (SSSR count). The molecular formula is C13H20N2O3S. The molecule has 0 radical (unpaired) electrons. The van der Waals surface area contributed by atoms with E-state index in [4.69, 9.17) is 10.5 Å². The molecule has 0 atom stereocenters. The zero-order valence-electron chi connectivity index (χ0n) is 11.1. The molecular weight excluding hydrogens is 264 g/mol. The molecule has 19 heavy (non-hydrogen) atoms. The van der Waals surface area contributed by atoms with E-state index < -0.39 is 10.0 Å². The van der Waals surface area contributed by atoms with Crippen molar-refractivity contribution in [1.29, 1.82) is 0 Å². The van der Waals surface area contributed by atoms with Gasteiger partial charge in [-0.1, -0.05) is 6.07 Å². The second kappa shape index (κ2) is 6.00. The summed E-state index contributed by atoms with van der Waals surface area (Å²) in [4.78, 5) is 0.337. The summed E-state index contributed by atoms with van der Waals surface area (Å²) in [6, 6.07) is 5.12. The van der Waals surface area contributed by atoms with E-state index in [2.05, 4.69) is 0 Å². The minimum atomic E-state index is -3.42. The molecule has 0 spiro atoms. The lowest BCUT2D eigenvalue weighted by molar-refractivity contribution is 0.148. The van der Waals surface area contributed by atoms with Gasteiger partial charge >= 0.3 is 0 Å². The minimum Gasteiger partial charge on any atom is -0.380 e. The van der Waals surface area contributed by atoms with E-state index in [1.54, 1.807) is 18.2 Å². The van der Waals surface area contributed by atoms with Crippen LogP contribution >= 0.6 is 0 Å². The van der Waals surface area contributed by atoms with E-state index in [-0.39, 0.29) is 0 Å². The molecule has 1 aliphatic heterocycles. The van der Waals surface area contributed by atoms with E-state index in [1.165, 1.54) is 4.31 Å². The van der Waals surface area contributed by atoms with Crippen molar-refractivity contribution in [3.05, 3.63) is 29.3 Å². The zero-order chi connectivity index (χ0) is 13.9. The predicted octanol–water partition coefficient (Wildman–Crippen LogP) is 0.865. The fourth-order valence-electron chi connectivity index (χ4n) is 2.17. The van der Waals surface area contributed by atoms with Crippen LogP contribution in [0.25, 0.3) is 0 Å². The van der Waals surface area contributed by atoms with Gasteiger partial charge in [0.15, 0.2) is 0 Å². The van der Waals surface area contributed by atoms with Gasteiger partial charge in [-0.2, -0.15) is 4.31 Å². The van der Waals surface area contributed by atoms with Gasteiger partial charge in [0.25, 0.3) is 0 Å². The molecule has 2 N–H and O–H groups in total. The maximum atomic E-state index is 12.5. The van der Waals surface area contributed by atoms with E-state index in [9.17, 15) is 8.42 Å². The molecule has 1 heterocycles. The third-order valence-corrected chi connectivity index (χ3v) is 5.25. The highest BCUT2D eigenvalue weighted by Gasteiger charge is 2.25. The highest BCUT2D eigenvalue weighted by molar-refractivity contribution is 7.89. The Morgan fingerprint density at radius 2 is 2.11 bits per heavy atom. The molecule has 0 unspecified atom stereocenters.